The van der Waals surface area contributed by atoms with Crippen LogP contribution in [0.15, 0.2) is 30.9 Å². The standard InChI is InChI=1S/C17H20N6O3S.2H2/c1-3-27(25,26)23-8-4-13(5-9-23)14-10-20-12(2)16(21-14)17(24)22-15-11-18-6-7-19-15;;/h4,6-7,10-11H,3,5,8-9H2,1-2H3,(H,19,22,24);2*1H. The van der Waals surface area contributed by atoms with Crippen molar-refractivity contribution in [1.29, 1.82) is 0 Å². The maximum absolute atomic E-state index is 12.5. The Morgan fingerprint density at radius 2 is 2.11 bits per heavy atom. The Labute approximate surface area is 160 Å². The van der Waals surface area contributed by atoms with Gasteiger partial charge in [-0.25, -0.2) is 18.4 Å². The van der Waals surface area contributed by atoms with E-state index < -0.39 is 15.9 Å². The number of rotatable bonds is 5. The number of hydrogen-bond donors (Lipinski definition) is 1. The predicted octanol–water partition coefficient (Wildman–Crippen LogP) is 1.76. The summed E-state index contributed by atoms with van der Waals surface area (Å²) in [5.41, 5.74) is 2.13. The molecule has 1 amide bonds. The van der Waals surface area contributed by atoms with Crippen molar-refractivity contribution in [3.05, 3.63) is 47.9 Å². The smallest absolute Gasteiger partial charge is 0.277 e. The minimum absolute atomic E-state index is 0. The molecule has 1 aliphatic heterocycles. The molecule has 0 unspecified atom stereocenters. The Morgan fingerprint density at radius 1 is 1.30 bits per heavy atom. The average Bonchev–Trinajstić information content (AvgIpc) is 2.69. The molecule has 0 aromatic carbocycles. The predicted molar refractivity (Wildman–Crippen MR) is 105 cm³/mol. The maximum Gasteiger partial charge on any atom is 0.277 e. The third-order valence-corrected chi connectivity index (χ3v) is 6.08. The van der Waals surface area contributed by atoms with Gasteiger partial charge in [0, 0.05) is 28.3 Å². The van der Waals surface area contributed by atoms with Crippen LogP contribution in [0.1, 0.15) is 38.1 Å². The van der Waals surface area contributed by atoms with Crippen molar-refractivity contribution in [3.8, 4) is 0 Å². The first-order chi connectivity index (χ1) is 12.9. The van der Waals surface area contributed by atoms with Crippen LogP contribution in [0.3, 0.4) is 0 Å². The number of aromatic nitrogens is 4. The summed E-state index contributed by atoms with van der Waals surface area (Å²) in [6.45, 7) is 4.01. The zero-order chi connectivity index (χ0) is 19.4. The SMILES string of the molecule is CCS(=O)(=O)N1CC=C(c2cnc(C)c(C(=O)Nc3cnccn3)n2)CC1.[HH].[HH]. The molecule has 0 saturated heterocycles. The third-order valence-electron chi connectivity index (χ3n) is 4.23. The lowest BCUT2D eigenvalue weighted by molar-refractivity contribution is 0.102. The molecule has 9 nitrogen and oxygen atoms in total. The first kappa shape index (κ1) is 19.1. The molecule has 3 heterocycles. The summed E-state index contributed by atoms with van der Waals surface area (Å²) >= 11 is 0. The topological polar surface area (TPSA) is 118 Å². The summed E-state index contributed by atoms with van der Waals surface area (Å²) in [4.78, 5) is 29.1. The number of nitrogens with one attached hydrogen (secondary N) is 1. The number of nitrogens with zero attached hydrogens (tertiary/aromatic N) is 5. The second-order valence-corrected chi connectivity index (χ2v) is 8.23. The van der Waals surface area contributed by atoms with Crippen LogP contribution < -0.4 is 5.32 Å². The highest BCUT2D eigenvalue weighted by molar-refractivity contribution is 7.89. The molecule has 0 bridgehead atoms. The van der Waals surface area contributed by atoms with Gasteiger partial charge in [0.2, 0.25) is 10.0 Å². The number of sulfonamides is 1. The van der Waals surface area contributed by atoms with E-state index in [0.717, 1.165) is 5.57 Å². The van der Waals surface area contributed by atoms with Gasteiger partial charge in [-0.05, 0) is 25.8 Å². The van der Waals surface area contributed by atoms with E-state index in [1.54, 1.807) is 20.0 Å². The highest BCUT2D eigenvalue weighted by Crippen LogP contribution is 2.23. The van der Waals surface area contributed by atoms with E-state index in [4.69, 9.17) is 0 Å². The van der Waals surface area contributed by atoms with Crippen molar-refractivity contribution in [1.82, 2.24) is 24.2 Å². The molecule has 27 heavy (non-hydrogen) atoms. The van der Waals surface area contributed by atoms with Crippen LogP contribution in [0, 0.1) is 6.92 Å². The molecule has 1 N–H and O–H groups in total. The second-order valence-electron chi connectivity index (χ2n) is 5.97. The summed E-state index contributed by atoms with van der Waals surface area (Å²) in [6, 6.07) is 0. The lowest BCUT2D eigenvalue weighted by Crippen LogP contribution is -2.35. The van der Waals surface area contributed by atoms with Gasteiger partial charge < -0.3 is 5.32 Å². The van der Waals surface area contributed by atoms with E-state index >= 15 is 0 Å². The van der Waals surface area contributed by atoms with Gasteiger partial charge in [0.05, 0.1) is 29.5 Å². The highest BCUT2D eigenvalue weighted by Gasteiger charge is 2.24. The van der Waals surface area contributed by atoms with Gasteiger partial charge in [0.1, 0.15) is 5.69 Å². The molecule has 0 spiro atoms. The van der Waals surface area contributed by atoms with Crippen LogP contribution in [0.5, 0.6) is 0 Å². The minimum atomic E-state index is -3.21. The van der Waals surface area contributed by atoms with Crippen LogP contribution in [0.4, 0.5) is 5.82 Å². The number of carbonyl (C=O) groups is 1. The van der Waals surface area contributed by atoms with Crippen molar-refractivity contribution in [2.24, 2.45) is 0 Å². The van der Waals surface area contributed by atoms with Crippen molar-refractivity contribution in [2.45, 2.75) is 20.3 Å². The fourth-order valence-corrected chi connectivity index (χ4v) is 3.71. The van der Waals surface area contributed by atoms with Crippen molar-refractivity contribution >= 4 is 27.3 Å². The summed E-state index contributed by atoms with van der Waals surface area (Å²) < 4.78 is 25.4. The van der Waals surface area contributed by atoms with E-state index in [-0.39, 0.29) is 14.3 Å². The Balaban J connectivity index is 0.00000210. The number of carbonyl (C=O) groups excluding carboxylic acids is 1. The molecule has 10 heteroatoms. The lowest BCUT2D eigenvalue weighted by atomic mass is 10.1. The van der Waals surface area contributed by atoms with E-state index in [0.29, 0.717) is 36.7 Å². The van der Waals surface area contributed by atoms with E-state index in [9.17, 15) is 13.2 Å². The van der Waals surface area contributed by atoms with Gasteiger partial charge in [0.15, 0.2) is 5.82 Å². The van der Waals surface area contributed by atoms with Crippen LogP contribution in [-0.2, 0) is 10.0 Å². The zero-order valence-corrected chi connectivity index (χ0v) is 15.9. The van der Waals surface area contributed by atoms with Crippen LogP contribution >= 0.6 is 0 Å². The molecule has 146 valence electrons. The maximum atomic E-state index is 12.5. The fourth-order valence-electron chi connectivity index (χ4n) is 2.68. The number of amides is 1. The molecule has 0 aliphatic carbocycles. The summed E-state index contributed by atoms with van der Waals surface area (Å²) in [7, 11) is -3.21. The first-order valence-electron chi connectivity index (χ1n) is 8.49. The molecule has 2 aromatic heterocycles. The summed E-state index contributed by atoms with van der Waals surface area (Å²) in [5, 5.41) is 2.64. The van der Waals surface area contributed by atoms with Gasteiger partial charge in [-0.1, -0.05) is 6.08 Å². The van der Waals surface area contributed by atoms with Gasteiger partial charge >= 0.3 is 0 Å². The number of anilines is 1. The number of aryl methyl sites for hydroxylation is 1. The molecule has 2 aromatic rings. The molecule has 0 saturated carbocycles. The fraction of sp³-hybridized carbons (Fsp3) is 0.353. The Bertz CT molecular complexity index is 986. The summed E-state index contributed by atoms with van der Waals surface area (Å²) in [5.74, 6) is -0.0203. The molecule has 0 radical (unpaired) electrons. The van der Waals surface area contributed by atoms with Crippen LogP contribution in [0.25, 0.3) is 5.57 Å². The van der Waals surface area contributed by atoms with Gasteiger partial charge in [-0.3, -0.25) is 14.8 Å². The molecule has 0 fully saturated rings. The van der Waals surface area contributed by atoms with Crippen molar-refractivity contribution in [2.75, 3.05) is 24.2 Å². The minimum Gasteiger partial charge on any atom is -0.304 e. The average molecular weight is 392 g/mol. The first-order valence-corrected chi connectivity index (χ1v) is 10.1. The van der Waals surface area contributed by atoms with Crippen LogP contribution in [0.2, 0.25) is 0 Å². The van der Waals surface area contributed by atoms with E-state index in [1.807, 2.05) is 6.08 Å². The zero-order valence-electron chi connectivity index (χ0n) is 15.1. The molecular formula is C17H24N6O3S. The normalized spacial score (nSPS) is 15.3. The lowest BCUT2D eigenvalue weighted by Gasteiger charge is -2.25. The molecule has 1 aliphatic rings. The van der Waals surface area contributed by atoms with Crippen molar-refractivity contribution < 1.29 is 16.1 Å². The number of hydrogen-bond acceptors (Lipinski definition) is 7. The Hall–Kier alpha value is -2.72. The Kier molecular flexibility index (Phi) is 5.57. The Morgan fingerprint density at radius 3 is 2.74 bits per heavy atom. The van der Waals surface area contributed by atoms with Crippen molar-refractivity contribution in [3.63, 3.8) is 0 Å². The van der Waals surface area contributed by atoms with E-state index in [2.05, 4.69) is 25.3 Å². The quantitative estimate of drug-likeness (QED) is 0.823. The highest BCUT2D eigenvalue weighted by atomic mass is 32.2. The molecular weight excluding hydrogens is 368 g/mol. The largest absolute Gasteiger partial charge is 0.304 e. The van der Waals surface area contributed by atoms with Gasteiger partial charge in [-0.15, -0.1) is 0 Å². The monoisotopic (exact) mass is 392 g/mol. The van der Waals surface area contributed by atoms with E-state index in [1.165, 1.54) is 22.9 Å². The van der Waals surface area contributed by atoms with Gasteiger partial charge in [-0.2, -0.15) is 4.31 Å². The van der Waals surface area contributed by atoms with Gasteiger partial charge in [0.25, 0.3) is 5.91 Å². The third kappa shape index (κ3) is 4.34. The summed E-state index contributed by atoms with van der Waals surface area (Å²) in [6.07, 6.45) is 8.37. The van der Waals surface area contributed by atoms with Crippen LogP contribution in [-0.4, -0.2) is 57.4 Å². The second kappa shape index (κ2) is 7.89. The molecule has 3 rings (SSSR count). The molecule has 0 atom stereocenters.